The van der Waals surface area contributed by atoms with Crippen molar-refractivity contribution in [2.75, 3.05) is 38.1 Å². The summed E-state index contributed by atoms with van der Waals surface area (Å²) in [7, 11) is 0. The average molecular weight is 409 g/mol. The standard InChI is InChI=1S/C22H27N5O3/c1-15-22(16(2)30-25-15)24-21(28)14-26-12-18-5-6-19(13-26)27(18)9-10-29-20-7-3-17(11-23)4-8-20/h3-4,7-8,18-19H,5-6,9-10,12-14H2,1-2H3,(H,24,28). The predicted octanol–water partition coefficient (Wildman–Crippen LogP) is 2.33. The Balaban J connectivity index is 1.25. The number of rotatable bonds is 7. The molecule has 2 fully saturated rings. The van der Waals surface area contributed by atoms with E-state index < -0.39 is 0 Å². The van der Waals surface area contributed by atoms with E-state index in [1.807, 2.05) is 19.1 Å². The second kappa shape index (κ2) is 8.86. The number of fused-ring (bicyclic) bond motifs is 2. The van der Waals surface area contributed by atoms with Crippen molar-refractivity contribution < 1.29 is 14.1 Å². The minimum atomic E-state index is -0.0265. The second-order valence-electron chi connectivity index (χ2n) is 8.05. The fraction of sp³-hybridized carbons (Fsp3) is 0.500. The Morgan fingerprint density at radius 3 is 2.57 bits per heavy atom. The van der Waals surface area contributed by atoms with Gasteiger partial charge in [0.1, 0.15) is 23.7 Å². The van der Waals surface area contributed by atoms with Crippen LogP contribution in [-0.2, 0) is 4.79 Å². The Labute approximate surface area is 176 Å². The van der Waals surface area contributed by atoms with Crippen LogP contribution in [0.2, 0.25) is 0 Å². The van der Waals surface area contributed by atoms with Crippen molar-refractivity contribution in [2.24, 2.45) is 0 Å². The third-order valence-corrected chi connectivity index (χ3v) is 5.98. The first-order valence-corrected chi connectivity index (χ1v) is 10.4. The molecule has 2 aliphatic rings. The summed E-state index contributed by atoms with van der Waals surface area (Å²) in [6.45, 7) is 7.27. The molecule has 2 atom stereocenters. The van der Waals surface area contributed by atoms with Gasteiger partial charge in [-0.2, -0.15) is 5.26 Å². The molecule has 2 aromatic rings. The molecule has 158 valence electrons. The van der Waals surface area contributed by atoms with Gasteiger partial charge in [-0.1, -0.05) is 5.16 Å². The smallest absolute Gasteiger partial charge is 0.238 e. The molecule has 1 aromatic heterocycles. The minimum Gasteiger partial charge on any atom is -0.492 e. The van der Waals surface area contributed by atoms with Gasteiger partial charge in [0, 0.05) is 31.7 Å². The molecule has 2 bridgehead atoms. The van der Waals surface area contributed by atoms with Crippen molar-refractivity contribution in [3.8, 4) is 11.8 Å². The number of likely N-dealkylation sites (tertiary alicyclic amines) is 1. The SMILES string of the molecule is Cc1noc(C)c1NC(=O)CN1CC2CCC(C1)N2CCOc1ccc(C#N)cc1. The number of ether oxygens (including phenoxy) is 1. The monoisotopic (exact) mass is 409 g/mol. The van der Waals surface area contributed by atoms with E-state index in [2.05, 4.69) is 26.3 Å². The van der Waals surface area contributed by atoms with Gasteiger partial charge in [-0.15, -0.1) is 0 Å². The zero-order valence-electron chi connectivity index (χ0n) is 17.4. The number of hydrogen-bond acceptors (Lipinski definition) is 7. The van der Waals surface area contributed by atoms with Crippen LogP contribution < -0.4 is 10.1 Å². The van der Waals surface area contributed by atoms with E-state index >= 15 is 0 Å². The van der Waals surface area contributed by atoms with E-state index in [9.17, 15) is 4.79 Å². The summed E-state index contributed by atoms with van der Waals surface area (Å²) in [6, 6.07) is 10.2. The number of aromatic nitrogens is 1. The summed E-state index contributed by atoms with van der Waals surface area (Å²) in [5.74, 6) is 1.39. The van der Waals surface area contributed by atoms with Crippen LogP contribution in [0, 0.1) is 25.2 Å². The van der Waals surface area contributed by atoms with E-state index in [1.54, 1.807) is 19.1 Å². The Kier molecular flexibility index (Phi) is 6.02. The maximum atomic E-state index is 12.5. The van der Waals surface area contributed by atoms with Crippen LogP contribution in [0.15, 0.2) is 28.8 Å². The molecule has 0 saturated carbocycles. The lowest BCUT2D eigenvalue weighted by Crippen LogP contribution is -2.55. The summed E-state index contributed by atoms with van der Waals surface area (Å²) < 4.78 is 11.0. The number of nitrogens with one attached hydrogen (secondary N) is 1. The lowest BCUT2D eigenvalue weighted by atomic mass is 10.2. The van der Waals surface area contributed by atoms with Crippen LogP contribution in [0.5, 0.6) is 5.75 Å². The zero-order valence-corrected chi connectivity index (χ0v) is 17.4. The molecule has 0 radical (unpaired) electrons. The Hall–Kier alpha value is -2.89. The molecule has 0 aliphatic carbocycles. The summed E-state index contributed by atoms with van der Waals surface area (Å²) in [4.78, 5) is 17.3. The lowest BCUT2D eigenvalue weighted by molar-refractivity contribution is -0.118. The van der Waals surface area contributed by atoms with Crippen LogP contribution in [0.25, 0.3) is 0 Å². The van der Waals surface area contributed by atoms with Gasteiger partial charge in [0.15, 0.2) is 5.76 Å². The summed E-state index contributed by atoms with van der Waals surface area (Å²) in [5, 5.41) is 15.7. The molecule has 2 saturated heterocycles. The quantitative estimate of drug-likeness (QED) is 0.750. The number of amides is 1. The number of benzene rings is 1. The lowest BCUT2D eigenvalue weighted by Gasteiger charge is -2.40. The fourth-order valence-corrected chi connectivity index (χ4v) is 4.51. The first-order chi connectivity index (χ1) is 14.5. The van der Waals surface area contributed by atoms with Crippen molar-refractivity contribution in [1.29, 1.82) is 5.26 Å². The summed E-state index contributed by atoms with van der Waals surface area (Å²) in [5.41, 5.74) is 2.02. The topological polar surface area (TPSA) is 94.6 Å². The highest BCUT2D eigenvalue weighted by atomic mass is 16.5. The van der Waals surface area contributed by atoms with Crippen molar-refractivity contribution >= 4 is 11.6 Å². The number of nitriles is 1. The maximum Gasteiger partial charge on any atom is 0.238 e. The van der Waals surface area contributed by atoms with Crippen molar-refractivity contribution in [3.63, 3.8) is 0 Å². The van der Waals surface area contributed by atoms with E-state index in [4.69, 9.17) is 14.5 Å². The second-order valence-corrected chi connectivity index (χ2v) is 8.05. The van der Waals surface area contributed by atoms with Gasteiger partial charge in [0.25, 0.3) is 0 Å². The van der Waals surface area contributed by atoms with E-state index in [0.717, 1.165) is 38.2 Å². The van der Waals surface area contributed by atoms with Crippen molar-refractivity contribution in [1.82, 2.24) is 15.0 Å². The maximum absolute atomic E-state index is 12.5. The highest BCUT2D eigenvalue weighted by molar-refractivity contribution is 5.93. The largest absolute Gasteiger partial charge is 0.492 e. The third kappa shape index (κ3) is 4.48. The Morgan fingerprint density at radius 1 is 1.27 bits per heavy atom. The molecule has 1 aromatic carbocycles. The summed E-state index contributed by atoms with van der Waals surface area (Å²) >= 11 is 0. The molecule has 3 heterocycles. The molecule has 2 aliphatic heterocycles. The highest BCUT2D eigenvalue weighted by Gasteiger charge is 2.39. The number of carbonyl (C=O) groups is 1. The molecule has 0 spiro atoms. The van der Waals surface area contributed by atoms with Gasteiger partial charge in [-0.3, -0.25) is 14.6 Å². The molecular weight excluding hydrogens is 382 g/mol. The number of nitrogens with zero attached hydrogens (tertiary/aromatic N) is 4. The van der Waals surface area contributed by atoms with Crippen LogP contribution in [0.4, 0.5) is 5.69 Å². The van der Waals surface area contributed by atoms with E-state index in [0.29, 0.717) is 47.9 Å². The van der Waals surface area contributed by atoms with Crippen molar-refractivity contribution in [3.05, 3.63) is 41.3 Å². The molecule has 1 amide bonds. The van der Waals surface area contributed by atoms with Gasteiger partial charge >= 0.3 is 0 Å². The minimum absolute atomic E-state index is 0.0265. The zero-order chi connectivity index (χ0) is 21.1. The molecule has 30 heavy (non-hydrogen) atoms. The Bertz CT molecular complexity index is 900. The molecule has 8 nitrogen and oxygen atoms in total. The molecule has 1 N–H and O–H groups in total. The highest BCUT2D eigenvalue weighted by Crippen LogP contribution is 2.30. The van der Waals surface area contributed by atoms with Crippen LogP contribution in [-0.4, -0.2) is 65.7 Å². The molecule has 8 heteroatoms. The normalized spacial score (nSPS) is 21.4. The number of piperazine rings is 1. The van der Waals surface area contributed by atoms with Crippen LogP contribution in [0.3, 0.4) is 0 Å². The first kappa shape index (κ1) is 20.4. The first-order valence-electron chi connectivity index (χ1n) is 10.4. The predicted molar refractivity (Wildman–Crippen MR) is 111 cm³/mol. The number of carbonyl (C=O) groups excluding carboxylic acids is 1. The molecular formula is C22H27N5O3. The third-order valence-electron chi connectivity index (χ3n) is 5.98. The number of anilines is 1. The average Bonchev–Trinajstić information content (AvgIpc) is 3.17. The van der Waals surface area contributed by atoms with Gasteiger partial charge in [-0.05, 0) is 51.0 Å². The van der Waals surface area contributed by atoms with Gasteiger partial charge in [-0.25, -0.2) is 0 Å². The summed E-state index contributed by atoms with van der Waals surface area (Å²) in [6.07, 6.45) is 2.31. The van der Waals surface area contributed by atoms with E-state index in [1.165, 1.54) is 0 Å². The number of hydrogen-bond donors (Lipinski definition) is 1. The van der Waals surface area contributed by atoms with Crippen LogP contribution in [0.1, 0.15) is 29.9 Å². The van der Waals surface area contributed by atoms with Gasteiger partial charge in [0.05, 0.1) is 18.2 Å². The number of aryl methyl sites for hydroxylation is 2. The van der Waals surface area contributed by atoms with Crippen molar-refractivity contribution in [2.45, 2.75) is 38.8 Å². The van der Waals surface area contributed by atoms with Gasteiger partial charge in [0.2, 0.25) is 5.91 Å². The molecule has 4 rings (SSSR count). The fourth-order valence-electron chi connectivity index (χ4n) is 4.51. The van der Waals surface area contributed by atoms with Crippen LogP contribution >= 0.6 is 0 Å². The van der Waals surface area contributed by atoms with E-state index in [-0.39, 0.29) is 5.91 Å². The Morgan fingerprint density at radius 2 is 1.97 bits per heavy atom. The van der Waals surface area contributed by atoms with Gasteiger partial charge < -0.3 is 14.6 Å². The molecule has 2 unspecified atom stereocenters.